The first-order chi connectivity index (χ1) is 10.6. The van der Waals surface area contributed by atoms with E-state index in [0.717, 1.165) is 52.1 Å². The first-order valence-corrected chi connectivity index (χ1v) is 8.72. The summed E-state index contributed by atoms with van der Waals surface area (Å²) >= 11 is 0. The summed E-state index contributed by atoms with van der Waals surface area (Å²) < 4.78 is 0. The molecule has 1 atom stereocenters. The van der Waals surface area contributed by atoms with Crippen molar-refractivity contribution < 1.29 is 9.90 Å². The molecule has 2 aliphatic rings. The molecule has 0 bridgehead atoms. The van der Waals surface area contributed by atoms with Crippen molar-refractivity contribution in [2.24, 2.45) is 0 Å². The highest BCUT2D eigenvalue weighted by atomic mass is 16.3. The maximum Gasteiger partial charge on any atom is 0.240 e. The highest BCUT2D eigenvalue weighted by molar-refractivity contribution is 5.80. The Labute approximate surface area is 134 Å². The number of hydrogen-bond donors (Lipinski definition) is 1. The monoisotopic (exact) mass is 309 g/mol. The molecule has 0 radical (unpaired) electrons. The van der Waals surface area contributed by atoms with Gasteiger partial charge in [-0.15, -0.1) is 0 Å². The van der Waals surface area contributed by atoms with E-state index in [2.05, 4.69) is 22.8 Å². The number of aliphatic hydroxyl groups is 1. The van der Waals surface area contributed by atoms with Gasteiger partial charge in [0.1, 0.15) is 0 Å². The predicted molar refractivity (Wildman–Crippen MR) is 88.5 cm³/mol. The average molecular weight is 309 g/mol. The molecule has 1 aliphatic carbocycles. The molecule has 1 amide bonds. The number of β-amino-alcohol motifs (C(OH)–C–C–N with tert-alkyl or cyclic N) is 1. The number of likely N-dealkylation sites (N-methyl/N-ethyl adjacent to an activating group) is 1. The van der Waals surface area contributed by atoms with Gasteiger partial charge in [-0.25, -0.2) is 0 Å². The number of hydrogen-bond acceptors (Lipinski definition) is 4. The van der Waals surface area contributed by atoms with E-state index in [0.29, 0.717) is 6.54 Å². The quantitative estimate of drug-likeness (QED) is 0.803. The van der Waals surface area contributed by atoms with E-state index in [1.807, 2.05) is 11.8 Å². The molecule has 22 heavy (non-hydrogen) atoms. The molecule has 0 spiro atoms. The summed E-state index contributed by atoms with van der Waals surface area (Å²) in [7, 11) is 0. The molecule has 0 aromatic heterocycles. The summed E-state index contributed by atoms with van der Waals surface area (Å²) in [6, 6.07) is 0. The molecule has 5 nitrogen and oxygen atoms in total. The lowest BCUT2D eigenvalue weighted by Crippen LogP contribution is -2.51. The van der Waals surface area contributed by atoms with Crippen molar-refractivity contribution in [1.29, 1.82) is 0 Å². The lowest BCUT2D eigenvalue weighted by atomic mass is 10.0. The average Bonchev–Trinajstić information content (AvgIpc) is 2.50. The molecule has 1 aliphatic heterocycles. The third-order valence-corrected chi connectivity index (χ3v) is 4.58. The smallest absolute Gasteiger partial charge is 0.240 e. The van der Waals surface area contributed by atoms with Crippen LogP contribution in [0.2, 0.25) is 0 Å². The number of amides is 1. The number of carbonyl (C=O) groups is 1. The highest BCUT2D eigenvalue weighted by Gasteiger charge is 2.23. The van der Waals surface area contributed by atoms with E-state index < -0.39 is 0 Å². The second-order valence-electron chi connectivity index (χ2n) is 6.51. The zero-order valence-corrected chi connectivity index (χ0v) is 14.1. The van der Waals surface area contributed by atoms with Crippen molar-refractivity contribution in [1.82, 2.24) is 14.7 Å². The van der Waals surface area contributed by atoms with Crippen LogP contribution in [0, 0.1) is 0 Å². The van der Waals surface area contributed by atoms with Gasteiger partial charge in [-0.2, -0.15) is 0 Å². The van der Waals surface area contributed by atoms with E-state index in [9.17, 15) is 9.90 Å². The van der Waals surface area contributed by atoms with Gasteiger partial charge in [-0.3, -0.25) is 14.6 Å². The molecule has 1 N–H and O–H groups in total. The molecule has 1 saturated heterocycles. The number of nitrogens with zero attached hydrogens (tertiary/aromatic N) is 3. The SMILES string of the molecule is CCN(C(=O)CN1CCN(C[C@H](C)O)CC1)C1=CCCCC1. The van der Waals surface area contributed by atoms with Gasteiger partial charge in [-0.1, -0.05) is 6.08 Å². The molecule has 126 valence electrons. The first kappa shape index (κ1) is 17.4. The Hall–Kier alpha value is -0.910. The summed E-state index contributed by atoms with van der Waals surface area (Å²) in [6.07, 6.45) is 6.57. The highest BCUT2D eigenvalue weighted by Crippen LogP contribution is 2.21. The molecule has 1 fully saturated rings. The van der Waals surface area contributed by atoms with Gasteiger partial charge >= 0.3 is 0 Å². The van der Waals surface area contributed by atoms with Gasteiger partial charge in [0.2, 0.25) is 5.91 Å². The van der Waals surface area contributed by atoms with E-state index in [1.165, 1.54) is 18.5 Å². The third-order valence-electron chi connectivity index (χ3n) is 4.58. The molecule has 0 aromatic carbocycles. The lowest BCUT2D eigenvalue weighted by Gasteiger charge is -2.36. The van der Waals surface area contributed by atoms with Crippen LogP contribution in [0.1, 0.15) is 39.5 Å². The summed E-state index contributed by atoms with van der Waals surface area (Å²) in [4.78, 5) is 19.1. The van der Waals surface area contributed by atoms with Crippen LogP contribution in [0.4, 0.5) is 0 Å². The van der Waals surface area contributed by atoms with Crippen molar-refractivity contribution in [2.45, 2.75) is 45.6 Å². The van der Waals surface area contributed by atoms with Crippen LogP contribution in [0.3, 0.4) is 0 Å². The fraction of sp³-hybridized carbons (Fsp3) is 0.824. The minimum absolute atomic E-state index is 0.236. The fourth-order valence-corrected chi connectivity index (χ4v) is 3.39. The van der Waals surface area contributed by atoms with E-state index in [4.69, 9.17) is 0 Å². The van der Waals surface area contributed by atoms with Crippen molar-refractivity contribution in [2.75, 3.05) is 45.8 Å². The van der Waals surface area contributed by atoms with Crippen LogP contribution in [0.5, 0.6) is 0 Å². The van der Waals surface area contributed by atoms with Gasteiger partial charge < -0.3 is 10.0 Å². The van der Waals surface area contributed by atoms with Crippen molar-refractivity contribution in [3.63, 3.8) is 0 Å². The summed E-state index contributed by atoms with van der Waals surface area (Å²) in [5.41, 5.74) is 1.23. The van der Waals surface area contributed by atoms with Crippen molar-refractivity contribution >= 4 is 5.91 Å². The second kappa shape index (κ2) is 8.65. The Balaban J connectivity index is 1.80. The van der Waals surface area contributed by atoms with Crippen molar-refractivity contribution in [3.8, 4) is 0 Å². The number of piperazine rings is 1. The summed E-state index contributed by atoms with van der Waals surface area (Å²) in [5, 5.41) is 9.44. The number of carbonyl (C=O) groups excluding carboxylic acids is 1. The van der Waals surface area contributed by atoms with Gasteiger partial charge in [0.15, 0.2) is 0 Å². The Morgan fingerprint density at radius 1 is 1.27 bits per heavy atom. The van der Waals surface area contributed by atoms with E-state index >= 15 is 0 Å². The summed E-state index contributed by atoms with van der Waals surface area (Å²) in [6.45, 7) is 9.61. The van der Waals surface area contributed by atoms with Gasteiger partial charge in [0, 0.05) is 45.0 Å². The molecule has 0 saturated carbocycles. The normalized spacial score (nSPS) is 22.2. The number of aliphatic hydroxyl groups excluding tert-OH is 1. The first-order valence-electron chi connectivity index (χ1n) is 8.72. The Morgan fingerprint density at radius 2 is 1.95 bits per heavy atom. The van der Waals surface area contributed by atoms with Gasteiger partial charge in [-0.05, 0) is 39.5 Å². The van der Waals surface area contributed by atoms with Crippen LogP contribution in [0.25, 0.3) is 0 Å². The van der Waals surface area contributed by atoms with Crippen LogP contribution in [0.15, 0.2) is 11.8 Å². The topological polar surface area (TPSA) is 47.0 Å². The van der Waals surface area contributed by atoms with E-state index in [-0.39, 0.29) is 12.0 Å². The molecule has 0 aromatic rings. The molecule has 5 heteroatoms. The van der Waals surface area contributed by atoms with Crippen LogP contribution in [-0.2, 0) is 4.79 Å². The van der Waals surface area contributed by atoms with Crippen molar-refractivity contribution in [3.05, 3.63) is 11.8 Å². The Kier molecular flexibility index (Phi) is 6.86. The van der Waals surface area contributed by atoms with Crippen LogP contribution >= 0.6 is 0 Å². The van der Waals surface area contributed by atoms with Gasteiger partial charge in [0.05, 0.1) is 12.6 Å². The van der Waals surface area contributed by atoms with Crippen LogP contribution in [-0.4, -0.2) is 77.6 Å². The molecule has 2 rings (SSSR count). The number of allylic oxidation sites excluding steroid dienone is 2. The second-order valence-corrected chi connectivity index (χ2v) is 6.51. The molecule has 1 heterocycles. The standard InChI is InChI=1S/C17H31N3O2/c1-3-20(16-7-5-4-6-8-16)17(22)14-19-11-9-18(10-12-19)13-15(2)21/h7,15,21H,3-6,8-14H2,1-2H3/t15-/m0/s1. The fourth-order valence-electron chi connectivity index (χ4n) is 3.39. The predicted octanol–water partition coefficient (Wildman–Crippen LogP) is 1.29. The zero-order chi connectivity index (χ0) is 15.9. The Morgan fingerprint density at radius 3 is 2.50 bits per heavy atom. The Bertz CT molecular complexity index is 387. The van der Waals surface area contributed by atoms with E-state index in [1.54, 1.807) is 0 Å². The largest absolute Gasteiger partial charge is 0.392 e. The zero-order valence-electron chi connectivity index (χ0n) is 14.1. The lowest BCUT2D eigenvalue weighted by molar-refractivity contribution is -0.131. The molecular formula is C17H31N3O2. The maximum absolute atomic E-state index is 12.6. The molecular weight excluding hydrogens is 278 g/mol. The van der Waals surface area contributed by atoms with Crippen LogP contribution < -0.4 is 0 Å². The third kappa shape index (κ3) is 5.07. The minimum Gasteiger partial charge on any atom is -0.392 e. The number of rotatable bonds is 6. The minimum atomic E-state index is -0.276. The van der Waals surface area contributed by atoms with Gasteiger partial charge in [0.25, 0.3) is 0 Å². The maximum atomic E-state index is 12.6. The molecule has 0 unspecified atom stereocenters. The summed E-state index contributed by atoms with van der Waals surface area (Å²) in [5.74, 6) is 0.236.